The first kappa shape index (κ1) is 19.0. The maximum atomic E-state index is 13.3. The summed E-state index contributed by atoms with van der Waals surface area (Å²) in [4.78, 5) is 19.7. The van der Waals surface area contributed by atoms with Crippen LogP contribution in [-0.4, -0.2) is 24.5 Å². The minimum absolute atomic E-state index is 0.136. The predicted molar refractivity (Wildman–Crippen MR) is 114 cm³/mol. The summed E-state index contributed by atoms with van der Waals surface area (Å²) in [6.45, 7) is 2.40. The third kappa shape index (κ3) is 3.21. The third-order valence-corrected chi connectivity index (χ3v) is 5.85. The van der Waals surface area contributed by atoms with Gasteiger partial charge in [0, 0.05) is 28.2 Å². The number of methoxy groups -OCH3 is 1. The normalized spacial score (nSPS) is 12.9. The second kappa shape index (κ2) is 7.61. The number of aryl methyl sites for hydroxylation is 1. The number of nitrogens with zero attached hydrogens (tertiary/aromatic N) is 2. The molecule has 0 saturated carbocycles. The van der Waals surface area contributed by atoms with Crippen LogP contribution in [0, 0.1) is 0 Å². The molecule has 0 radical (unpaired) electrons. The predicted octanol–water partition coefficient (Wildman–Crippen LogP) is 5.71. The van der Waals surface area contributed by atoms with Gasteiger partial charge in [-0.05, 0) is 62.1 Å². The van der Waals surface area contributed by atoms with Gasteiger partial charge in [-0.3, -0.25) is 9.78 Å². The first-order chi connectivity index (χ1) is 13.5. The number of ether oxygens (including phenoxy) is 1. The van der Waals surface area contributed by atoms with Gasteiger partial charge in [-0.15, -0.1) is 0 Å². The summed E-state index contributed by atoms with van der Waals surface area (Å²) >= 11 is 12.8. The largest absolute Gasteiger partial charge is 0.495 e. The van der Waals surface area contributed by atoms with Crippen molar-refractivity contribution in [3.63, 3.8) is 0 Å². The Hall–Kier alpha value is -2.30. The van der Waals surface area contributed by atoms with E-state index in [1.54, 1.807) is 36.3 Å². The van der Waals surface area contributed by atoms with E-state index in [4.69, 9.17) is 32.9 Å². The van der Waals surface area contributed by atoms with E-state index in [-0.39, 0.29) is 5.91 Å². The number of hydrogen-bond donors (Lipinski definition) is 0. The Morgan fingerprint density at radius 1 is 1.18 bits per heavy atom. The number of pyridine rings is 1. The lowest BCUT2D eigenvalue weighted by Crippen LogP contribution is -2.31. The summed E-state index contributed by atoms with van der Waals surface area (Å²) in [5.41, 5.74) is 4.14. The number of amides is 1. The fourth-order valence-electron chi connectivity index (χ4n) is 3.79. The highest BCUT2D eigenvalue weighted by Crippen LogP contribution is 2.35. The SMILES string of the molecule is CCN(C(=O)c1ccc2c(Cl)c3c(nc2c1)CCC3)c1cc(Cl)ccc1OC. The molecule has 1 aliphatic carbocycles. The molecule has 0 N–H and O–H groups in total. The molecule has 4 nitrogen and oxygen atoms in total. The Morgan fingerprint density at radius 3 is 2.75 bits per heavy atom. The first-order valence-electron chi connectivity index (χ1n) is 9.30. The van der Waals surface area contributed by atoms with E-state index in [9.17, 15) is 4.79 Å². The number of fused-ring (bicyclic) bond motifs is 2. The summed E-state index contributed by atoms with van der Waals surface area (Å²) in [7, 11) is 1.58. The molecule has 0 atom stereocenters. The van der Waals surface area contributed by atoms with Crippen molar-refractivity contribution in [1.82, 2.24) is 4.98 Å². The number of halogens is 2. The van der Waals surface area contributed by atoms with Gasteiger partial charge in [-0.2, -0.15) is 0 Å². The summed E-state index contributed by atoms with van der Waals surface area (Å²) < 4.78 is 5.42. The van der Waals surface area contributed by atoms with E-state index in [1.165, 1.54) is 0 Å². The summed E-state index contributed by atoms with van der Waals surface area (Å²) in [6.07, 6.45) is 2.97. The van der Waals surface area contributed by atoms with Crippen LogP contribution >= 0.6 is 23.2 Å². The van der Waals surface area contributed by atoms with Crippen molar-refractivity contribution in [2.75, 3.05) is 18.6 Å². The van der Waals surface area contributed by atoms with Gasteiger partial charge < -0.3 is 9.64 Å². The van der Waals surface area contributed by atoms with Crippen LogP contribution in [-0.2, 0) is 12.8 Å². The molecule has 1 amide bonds. The van der Waals surface area contributed by atoms with Crippen LogP contribution in [0.1, 0.15) is 35.0 Å². The number of anilines is 1. The molecule has 3 aromatic rings. The molecule has 2 aromatic carbocycles. The van der Waals surface area contributed by atoms with Crippen molar-refractivity contribution in [3.05, 3.63) is 63.3 Å². The van der Waals surface area contributed by atoms with E-state index >= 15 is 0 Å². The zero-order valence-electron chi connectivity index (χ0n) is 15.8. The third-order valence-electron chi connectivity index (χ3n) is 5.18. The van der Waals surface area contributed by atoms with Crippen molar-refractivity contribution in [2.45, 2.75) is 26.2 Å². The molecule has 0 unspecified atom stereocenters. The lowest BCUT2D eigenvalue weighted by Gasteiger charge is -2.23. The molecule has 28 heavy (non-hydrogen) atoms. The fourth-order valence-corrected chi connectivity index (χ4v) is 4.32. The van der Waals surface area contributed by atoms with E-state index in [0.29, 0.717) is 28.6 Å². The molecule has 0 saturated heterocycles. The second-order valence-corrected chi connectivity index (χ2v) is 7.62. The number of rotatable bonds is 4. The van der Waals surface area contributed by atoms with Crippen LogP contribution < -0.4 is 9.64 Å². The smallest absolute Gasteiger partial charge is 0.258 e. The summed E-state index contributed by atoms with van der Waals surface area (Å²) in [5.74, 6) is 0.461. The van der Waals surface area contributed by atoms with Gasteiger partial charge in [-0.25, -0.2) is 0 Å². The van der Waals surface area contributed by atoms with Crippen molar-refractivity contribution in [3.8, 4) is 5.75 Å². The van der Waals surface area contributed by atoms with Gasteiger partial charge in [0.2, 0.25) is 0 Å². The number of hydrogen-bond acceptors (Lipinski definition) is 3. The minimum Gasteiger partial charge on any atom is -0.495 e. The highest BCUT2D eigenvalue weighted by atomic mass is 35.5. The van der Waals surface area contributed by atoms with Crippen LogP contribution in [0.2, 0.25) is 10.0 Å². The standard InChI is InChI=1S/C22H20Cl2N2O2/c1-3-26(19-12-14(23)8-10-20(19)28-2)22(27)13-7-9-16-18(11-13)25-17-6-4-5-15(17)21(16)24/h7-12H,3-6H2,1-2H3. The Balaban J connectivity index is 1.77. The van der Waals surface area contributed by atoms with Gasteiger partial charge in [0.15, 0.2) is 0 Å². The number of carbonyl (C=O) groups excluding carboxylic acids is 1. The molecule has 0 aliphatic heterocycles. The maximum Gasteiger partial charge on any atom is 0.258 e. The number of benzene rings is 2. The number of carbonyl (C=O) groups is 1. The Morgan fingerprint density at radius 2 is 2.00 bits per heavy atom. The lowest BCUT2D eigenvalue weighted by atomic mass is 10.1. The molecule has 0 fully saturated rings. The topological polar surface area (TPSA) is 42.4 Å². The second-order valence-electron chi connectivity index (χ2n) is 6.80. The van der Waals surface area contributed by atoms with Crippen LogP contribution in [0.25, 0.3) is 10.9 Å². The molecule has 0 bridgehead atoms. The maximum absolute atomic E-state index is 13.3. The van der Waals surface area contributed by atoms with Crippen LogP contribution in [0.5, 0.6) is 5.75 Å². The van der Waals surface area contributed by atoms with E-state index in [0.717, 1.165) is 46.4 Å². The van der Waals surface area contributed by atoms with Crippen LogP contribution in [0.4, 0.5) is 5.69 Å². The molecule has 1 heterocycles. The molecule has 1 aliphatic rings. The number of aromatic nitrogens is 1. The summed E-state index contributed by atoms with van der Waals surface area (Å²) in [5, 5.41) is 2.20. The highest BCUT2D eigenvalue weighted by Gasteiger charge is 2.22. The molecular weight excluding hydrogens is 395 g/mol. The van der Waals surface area contributed by atoms with E-state index in [2.05, 4.69) is 0 Å². The van der Waals surface area contributed by atoms with Crippen molar-refractivity contribution < 1.29 is 9.53 Å². The van der Waals surface area contributed by atoms with Crippen molar-refractivity contribution in [2.24, 2.45) is 0 Å². The molecule has 144 valence electrons. The molecule has 1 aromatic heterocycles. The molecular formula is C22H20Cl2N2O2. The quantitative estimate of drug-likeness (QED) is 0.549. The fraction of sp³-hybridized carbons (Fsp3) is 0.273. The zero-order chi connectivity index (χ0) is 19.8. The van der Waals surface area contributed by atoms with Crippen LogP contribution in [0.3, 0.4) is 0 Å². The zero-order valence-corrected chi connectivity index (χ0v) is 17.3. The average Bonchev–Trinajstić information content (AvgIpc) is 3.17. The van der Waals surface area contributed by atoms with Crippen LogP contribution in [0.15, 0.2) is 36.4 Å². The van der Waals surface area contributed by atoms with Crippen molar-refractivity contribution in [1.29, 1.82) is 0 Å². The lowest BCUT2D eigenvalue weighted by molar-refractivity contribution is 0.0987. The van der Waals surface area contributed by atoms with E-state index < -0.39 is 0 Å². The Labute approximate surface area is 174 Å². The highest BCUT2D eigenvalue weighted by molar-refractivity contribution is 6.36. The van der Waals surface area contributed by atoms with Crippen molar-refractivity contribution >= 4 is 45.7 Å². The van der Waals surface area contributed by atoms with Gasteiger partial charge >= 0.3 is 0 Å². The van der Waals surface area contributed by atoms with Gasteiger partial charge in [-0.1, -0.05) is 29.3 Å². The Kier molecular flexibility index (Phi) is 5.17. The van der Waals surface area contributed by atoms with Gasteiger partial charge in [0.25, 0.3) is 5.91 Å². The molecule has 6 heteroatoms. The average molecular weight is 415 g/mol. The summed E-state index contributed by atoms with van der Waals surface area (Å²) in [6, 6.07) is 10.8. The molecule has 4 rings (SSSR count). The first-order valence-corrected chi connectivity index (χ1v) is 10.1. The van der Waals surface area contributed by atoms with Gasteiger partial charge in [0.1, 0.15) is 5.75 Å². The monoisotopic (exact) mass is 414 g/mol. The molecule has 0 spiro atoms. The minimum atomic E-state index is -0.136. The van der Waals surface area contributed by atoms with Gasteiger partial charge in [0.05, 0.1) is 23.3 Å². The van der Waals surface area contributed by atoms with E-state index in [1.807, 2.05) is 19.1 Å². The Bertz CT molecular complexity index is 1080.